The van der Waals surface area contributed by atoms with Crippen molar-refractivity contribution in [3.63, 3.8) is 0 Å². The normalized spacial score (nSPS) is 25.2. The quantitative estimate of drug-likeness (QED) is 0.853. The third-order valence-electron chi connectivity index (χ3n) is 4.38. The number of hydrogen-bond acceptors (Lipinski definition) is 4. The van der Waals surface area contributed by atoms with E-state index in [4.69, 9.17) is 23.2 Å². The fourth-order valence-electron chi connectivity index (χ4n) is 3.09. The predicted octanol–water partition coefficient (Wildman–Crippen LogP) is 3.53. The monoisotopic (exact) mass is 395 g/mol. The third-order valence-corrected chi connectivity index (χ3v) is 7.12. The number of hydrogen-bond donors (Lipinski definition) is 1. The topological polar surface area (TPSA) is 95.2 Å². The van der Waals surface area contributed by atoms with Gasteiger partial charge in [0, 0.05) is 16.0 Å². The first-order valence-corrected chi connectivity index (χ1v) is 9.45. The van der Waals surface area contributed by atoms with Crippen molar-refractivity contribution < 1.29 is 18.3 Å². The first-order chi connectivity index (χ1) is 11.7. The summed E-state index contributed by atoms with van der Waals surface area (Å²) in [6.07, 6.45) is 0. The van der Waals surface area contributed by atoms with Crippen molar-refractivity contribution >= 4 is 39.0 Å². The van der Waals surface area contributed by atoms with E-state index >= 15 is 0 Å². The third kappa shape index (κ3) is 2.69. The van der Waals surface area contributed by atoms with Gasteiger partial charge in [0.25, 0.3) is 0 Å². The van der Waals surface area contributed by atoms with Gasteiger partial charge in [0.2, 0.25) is 0 Å². The second kappa shape index (κ2) is 6.03. The average Bonchev–Trinajstić information content (AvgIpc) is 3.27. The van der Waals surface area contributed by atoms with E-state index in [0.717, 1.165) is 0 Å². The lowest BCUT2D eigenvalue weighted by atomic mass is 10.0. The van der Waals surface area contributed by atoms with Crippen molar-refractivity contribution in [1.82, 2.24) is 0 Å². The Bertz CT molecular complexity index is 981. The maximum Gasteiger partial charge on any atom is 0.326 e. The molecule has 3 atom stereocenters. The van der Waals surface area contributed by atoms with Gasteiger partial charge in [0.15, 0.2) is 15.3 Å². The Hall–Kier alpha value is -2.07. The van der Waals surface area contributed by atoms with Crippen LogP contribution < -0.4 is 0 Å². The lowest BCUT2D eigenvalue weighted by Crippen LogP contribution is -2.22. The number of aliphatic carboxylic acids is 1. The number of nitrogens with zero attached hydrogens (tertiary/aromatic N) is 1. The SMILES string of the molecule is N#CC1(C(=O)O)C(c2ccc(Cl)cc2)C1S(=O)(=O)c1ccc(Cl)cc1. The first kappa shape index (κ1) is 17.7. The molecule has 1 saturated carbocycles. The summed E-state index contributed by atoms with van der Waals surface area (Å²) in [5, 5.41) is 18.5. The summed E-state index contributed by atoms with van der Waals surface area (Å²) in [6.45, 7) is 0. The maximum absolute atomic E-state index is 13.0. The highest BCUT2D eigenvalue weighted by Crippen LogP contribution is 2.64. The van der Waals surface area contributed by atoms with Crippen molar-refractivity contribution in [2.45, 2.75) is 16.1 Å². The van der Waals surface area contributed by atoms with E-state index in [1.807, 2.05) is 0 Å². The van der Waals surface area contributed by atoms with Crippen LogP contribution in [0.15, 0.2) is 53.4 Å². The minimum absolute atomic E-state index is 0.0701. The smallest absolute Gasteiger partial charge is 0.326 e. The van der Waals surface area contributed by atoms with Crippen LogP contribution in [0.2, 0.25) is 10.0 Å². The summed E-state index contributed by atoms with van der Waals surface area (Å²) in [5.41, 5.74) is -1.59. The molecule has 25 heavy (non-hydrogen) atoms. The van der Waals surface area contributed by atoms with Gasteiger partial charge in [-0.3, -0.25) is 4.79 Å². The van der Waals surface area contributed by atoms with E-state index in [9.17, 15) is 23.6 Å². The van der Waals surface area contributed by atoms with Gasteiger partial charge in [0.1, 0.15) is 5.25 Å². The average molecular weight is 396 g/mol. The fourth-order valence-corrected chi connectivity index (χ4v) is 5.60. The molecule has 2 aromatic rings. The number of rotatable bonds is 4. The summed E-state index contributed by atoms with van der Waals surface area (Å²) in [4.78, 5) is 11.7. The van der Waals surface area contributed by atoms with E-state index in [1.54, 1.807) is 18.2 Å². The summed E-state index contributed by atoms with van der Waals surface area (Å²) in [5.74, 6) is -2.44. The van der Waals surface area contributed by atoms with Crippen LogP contribution in [-0.2, 0) is 14.6 Å². The lowest BCUT2D eigenvalue weighted by Gasteiger charge is -2.05. The zero-order valence-corrected chi connectivity index (χ0v) is 14.9. The van der Waals surface area contributed by atoms with Crippen molar-refractivity contribution in [3.05, 3.63) is 64.1 Å². The second-order valence-electron chi connectivity index (χ2n) is 5.73. The Morgan fingerprint density at radius 1 is 1.04 bits per heavy atom. The minimum Gasteiger partial charge on any atom is -0.480 e. The van der Waals surface area contributed by atoms with Crippen molar-refractivity contribution in [2.75, 3.05) is 0 Å². The first-order valence-electron chi connectivity index (χ1n) is 7.14. The molecule has 0 heterocycles. The van der Waals surface area contributed by atoms with E-state index < -0.39 is 32.4 Å². The number of nitriles is 1. The van der Waals surface area contributed by atoms with Crippen LogP contribution in [0, 0.1) is 16.7 Å². The van der Waals surface area contributed by atoms with Gasteiger partial charge in [-0.2, -0.15) is 5.26 Å². The van der Waals surface area contributed by atoms with Gasteiger partial charge in [0.05, 0.1) is 11.0 Å². The van der Waals surface area contributed by atoms with Crippen molar-refractivity contribution in [2.24, 2.45) is 5.41 Å². The largest absolute Gasteiger partial charge is 0.480 e. The lowest BCUT2D eigenvalue weighted by molar-refractivity contribution is -0.141. The Balaban J connectivity index is 2.12. The maximum atomic E-state index is 13.0. The number of halogens is 2. The van der Waals surface area contributed by atoms with Gasteiger partial charge < -0.3 is 5.11 Å². The van der Waals surface area contributed by atoms with E-state index in [2.05, 4.69) is 0 Å². The molecular formula is C17H11Cl2NO4S. The molecule has 0 aliphatic heterocycles. The van der Waals surface area contributed by atoms with Crippen LogP contribution in [0.4, 0.5) is 0 Å². The van der Waals surface area contributed by atoms with E-state index in [-0.39, 0.29) is 4.90 Å². The summed E-state index contributed by atoms with van der Waals surface area (Å²) >= 11 is 11.6. The summed E-state index contributed by atoms with van der Waals surface area (Å²) in [7, 11) is -4.05. The summed E-state index contributed by atoms with van der Waals surface area (Å²) in [6, 6.07) is 13.3. The molecule has 2 aromatic carbocycles. The zero-order chi connectivity index (χ0) is 18.4. The van der Waals surface area contributed by atoms with Gasteiger partial charge in [-0.25, -0.2) is 8.42 Å². The molecule has 5 nitrogen and oxygen atoms in total. The Kier molecular flexibility index (Phi) is 4.28. The molecule has 1 aliphatic rings. The Morgan fingerprint density at radius 3 is 1.96 bits per heavy atom. The van der Waals surface area contributed by atoms with Gasteiger partial charge in [-0.15, -0.1) is 0 Å². The molecule has 1 fully saturated rings. The zero-order valence-electron chi connectivity index (χ0n) is 12.6. The molecule has 0 saturated heterocycles. The fraction of sp³-hybridized carbons (Fsp3) is 0.176. The molecule has 3 unspecified atom stereocenters. The minimum atomic E-state index is -4.05. The highest BCUT2D eigenvalue weighted by Gasteiger charge is 2.77. The van der Waals surface area contributed by atoms with Crippen LogP contribution in [0.25, 0.3) is 0 Å². The molecule has 0 bridgehead atoms. The second-order valence-corrected chi connectivity index (χ2v) is 8.68. The molecule has 8 heteroatoms. The predicted molar refractivity (Wildman–Crippen MR) is 92.3 cm³/mol. The number of benzene rings is 2. The number of carboxylic acid groups (broad SMARTS) is 1. The van der Waals surface area contributed by atoms with Crippen LogP contribution in [0.3, 0.4) is 0 Å². The standard InChI is InChI=1S/C17H11Cl2NO4S/c18-11-3-1-10(2-4-11)14-15(17(14,9-20)16(21)22)25(23,24)13-7-5-12(19)6-8-13/h1-8,14-15H,(H,21,22). The van der Waals surface area contributed by atoms with Crippen LogP contribution in [0.1, 0.15) is 11.5 Å². The highest BCUT2D eigenvalue weighted by molar-refractivity contribution is 7.92. The molecule has 0 amide bonds. The summed E-state index contributed by atoms with van der Waals surface area (Å²) < 4.78 is 25.9. The highest BCUT2D eigenvalue weighted by atomic mass is 35.5. The molecule has 0 aromatic heterocycles. The molecular weight excluding hydrogens is 385 g/mol. The van der Waals surface area contributed by atoms with Crippen LogP contribution in [-0.4, -0.2) is 24.7 Å². The molecule has 1 N–H and O–H groups in total. The van der Waals surface area contributed by atoms with E-state index in [0.29, 0.717) is 15.6 Å². The number of sulfone groups is 1. The Labute approximate surface area is 154 Å². The molecule has 128 valence electrons. The van der Waals surface area contributed by atoms with Gasteiger partial charge in [-0.1, -0.05) is 35.3 Å². The molecule has 0 radical (unpaired) electrons. The van der Waals surface area contributed by atoms with Gasteiger partial charge in [-0.05, 0) is 42.0 Å². The number of carbonyl (C=O) groups is 1. The van der Waals surface area contributed by atoms with E-state index in [1.165, 1.54) is 36.4 Å². The molecule has 1 aliphatic carbocycles. The van der Waals surface area contributed by atoms with Crippen molar-refractivity contribution in [1.29, 1.82) is 5.26 Å². The Morgan fingerprint density at radius 2 is 1.52 bits per heavy atom. The molecule has 3 rings (SSSR count). The van der Waals surface area contributed by atoms with Gasteiger partial charge >= 0.3 is 5.97 Å². The number of carboxylic acids is 1. The van der Waals surface area contributed by atoms with Crippen LogP contribution >= 0.6 is 23.2 Å². The van der Waals surface area contributed by atoms with Crippen molar-refractivity contribution in [3.8, 4) is 6.07 Å². The van der Waals surface area contributed by atoms with Crippen LogP contribution in [0.5, 0.6) is 0 Å². The molecule has 0 spiro atoms.